The second-order valence-corrected chi connectivity index (χ2v) is 6.24. The number of rotatable bonds is 5. The Morgan fingerprint density at radius 1 is 1.45 bits per heavy atom. The van der Waals surface area contributed by atoms with Crippen LogP contribution in [-0.4, -0.2) is 31.7 Å². The monoisotopic (exact) mass is 298 g/mol. The van der Waals surface area contributed by atoms with Gasteiger partial charge >= 0.3 is 5.97 Å². The Morgan fingerprint density at radius 2 is 2.20 bits per heavy atom. The van der Waals surface area contributed by atoms with E-state index in [9.17, 15) is 13.2 Å². The van der Waals surface area contributed by atoms with Gasteiger partial charge in [-0.15, -0.1) is 0 Å². The molecule has 0 atom stereocenters. The minimum atomic E-state index is -3.68. The van der Waals surface area contributed by atoms with Crippen molar-refractivity contribution in [1.82, 2.24) is 4.98 Å². The molecule has 8 heteroatoms. The molecule has 0 amide bonds. The summed E-state index contributed by atoms with van der Waals surface area (Å²) in [6, 6.07) is 4.83. The van der Waals surface area contributed by atoms with E-state index in [0.29, 0.717) is 16.8 Å². The number of aromatic nitrogens is 1. The summed E-state index contributed by atoms with van der Waals surface area (Å²) in [6.45, 7) is 1.74. The largest absolute Gasteiger partial charge is 0.465 e. The number of benzene rings is 1. The van der Waals surface area contributed by atoms with Gasteiger partial charge in [-0.25, -0.2) is 13.4 Å². The lowest BCUT2D eigenvalue weighted by Crippen LogP contribution is -2.20. The van der Waals surface area contributed by atoms with Crippen molar-refractivity contribution in [2.75, 3.05) is 18.1 Å². The zero-order valence-electron chi connectivity index (χ0n) is 10.8. The predicted molar refractivity (Wildman–Crippen MR) is 72.5 cm³/mol. The maximum atomic E-state index is 11.8. The molecule has 108 valence electrons. The lowest BCUT2D eigenvalue weighted by Gasteiger charge is -2.01. The molecular formula is C12H14N2O5S. The van der Waals surface area contributed by atoms with Crippen LogP contribution in [0.25, 0.3) is 11.1 Å². The standard InChI is InChI=1S/C12H14N2O5S/c1-2-18-12(15)7-20(16,17)6-11-14-9-4-3-8(13)5-10(9)19-11/h3-5H,2,6-7,13H2,1H3. The predicted octanol–water partition coefficient (Wildman–Crippen LogP) is 0.888. The molecule has 0 saturated heterocycles. The lowest BCUT2D eigenvalue weighted by molar-refractivity contribution is -0.139. The third-order valence-electron chi connectivity index (χ3n) is 2.44. The van der Waals surface area contributed by atoms with Crippen LogP contribution in [0, 0.1) is 0 Å². The normalized spacial score (nSPS) is 11.7. The smallest absolute Gasteiger partial charge is 0.321 e. The van der Waals surface area contributed by atoms with Gasteiger partial charge in [0.05, 0.1) is 6.61 Å². The number of fused-ring (bicyclic) bond motifs is 1. The van der Waals surface area contributed by atoms with E-state index in [2.05, 4.69) is 9.72 Å². The maximum Gasteiger partial charge on any atom is 0.321 e. The van der Waals surface area contributed by atoms with Gasteiger partial charge in [0.15, 0.2) is 15.4 Å². The molecule has 0 spiro atoms. The summed E-state index contributed by atoms with van der Waals surface area (Å²) in [5, 5.41) is 0. The molecule has 2 rings (SSSR count). The Kier molecular flexibility index (Phi) is 3.93. The highest BCUT2D eigenvalue weighted by Crippen LogP contribution is 2.19. The van der Waals surface area contributed by atoms with Crippen LogP contribution in [0.4, 0.5) is 5.69 Å². The number of esters is 1. The van der Waals surface area contributed by atoms with Crippen molar-refractivity contribution in [2.45, 2.75) is 12.7 Å². The van der Waals surface area contributed by atoms with Gasteiger partial charge in [-0.05, 0) is 19.1 Å². The molecule has 0 unspecified atom stereocenters. The molecule has 2 N–H and O–H groups in total. The summed E-state index contributed by atoms with van der Waals surface area (Å²) in [5.41, 5.74) is 7.01. The van der Waals surface area contributed by atoms with Crippen LogP contribution in [0.2, 0.25) is 0 Å². The van der Waals surface area contributed by atoms with E-state index in [-0.39, 0.29) is 12.5 Å². The molecule has 0 bridgehead atoms. The number of carbonyl (C=O) groups excluding carboxylic acids is 1. The van der Waals surface area contributed by atoms with Gasteiger partial charge in [0.1, 0.15) is 17.0 Å². The van der Waals surface area contributed by atoms with Crippen molar-refractivity contribution in [3.63, 3.8) is 0 Å². The average Bonchev–Trinajstić information content (AvgIpc) is 2.68. The van der Waals surface area contributed by atoms with Crippen LogP contribution in [0.3, 0.4) is 0 Å². The molecule has 0 aliphatic rings. The fourth-order valence-electron chi connectivity index (χ4n) is 1.67. The molecule has 0 saturated carbocycles. The topological polar surface area (TPSA) is 112 Å². The highest BCUT2D eigenvalue weighted by molar-refractivity contribution is 7.91. The lowest BCUT2D eigenvalue weighted by atomic mass is 10.3. The Morgan fingerprint density at radius 3 is 2.90 bits per heavy atom. The minimum absolute atomic E-state index is 0.0231. The fourth-order valence-corrected chi connectivity index (χ4v) is 2.72. The second-order valence-electron chi connectivity index (χ2n) is 4.17. The highest BCUT2D eigenvalue weighted by atomic mass is 32.2. The SMILES string of the molecule is CCOC(=O)CS(=O)(=O)Cc1nc2ccc(N)cc2o1. The zero-order chi connectivity index (χ0) is 14.8. The summed E-state index contributed by atoms with van der Waals surface area (Å²) >= 11 is 0. The quantitative estimate of drug-likeness (QED) is 0.644. The van der Waals surface area contributed by atoms with Crippen LogP contribution >= 0.6 is 0 Å². The van der Waals surface area contributed by atoms with E-state index in [1.165, 1.54) is 0 Å². The van der Waals surface area contributed by atoms with Crippen molar-refractivity contribution in [2.24, 2.45) is 0 Å². The van der Waals surface area contributed by atoms with Gasteiger partial charge in [-0.3, -0.25) is 4.79 Å². The molecule has 0 radical (unpaired) electrons. The fraction of sp³-hybridized carbons (Fsp3) is 0.333. The van der Waals surface area contributed by atoms with Crippen molar-refractivity contribution in [1.29, 1.82) is 0 Å². The number of oxazole rings is 1. The minimum Gasteiger partial charge on any atom is -0.465 e. The first-order valence-electron chi connectivity index (χ1n) is 5.90. The number of hydrogen-bond acceptors (Lipinski definition) is 7. The summed E-state index contributed by atoms with van der Waals surface area (Å²) in [6.07, 6.45) is 0. The van der Waals surface area contributed by atoms with Gasteiger partial charge in [0.25, 0.3) is 0 Å². The Balaban J connectivity index is 2.16. The van der Waals surface area contributed by atoms with Crippen LogP contribution in [0.1, 0.15) is 12.8 Å². The van der Waals surface area contributed by atoms with E-state index >= 15 is 0 Å². The van der Waals surface area contributed by atoms with Crippen LogP contribution in [0.15, 0.2) is 22.6 Å². The van der Waals surface area contributed by atoms with Gasteiger partial charge in [0.2, 0.25) is 5.89 Å². The van der Waals surface area contributed by atoms with E-state index in [0.717, 1.165) is 0 Å². The third-order valence-corrected chi connectivity index (χ3v) is 3.81. The van der Waals surface area contributed by atoms with Crippen molar-refractivity contribution in [3.05, 3.63) is 24.1 Å². The number of hydrogen-bond donors (Lipinski definition) is 1. The molecule has 0 aliphatic carbocycles. The van der Waals surface area contributed by atoms with Crippen LogP contribution < -0.4 is 5.73 Å². The first-order valence-corrected chi connectivity index (χ1v) is 7.73. The van der Waals surface area contributed by atoms with Gasteiger partial charge in [-0.1, -0.05) is 0 Å². The first kappa shape index (κ1) is 14.3. The number of nitrogens with two attached hydrogens (primary N) is 1. The second kappa shape index (κ2) is 5.49. The Labute approximate surface area is 115 Å². The van der Waals surface area contributed by atoms with Gasteiger partial charge in [-0.2, -0.15) is 0 Å². The molecule has 2 aromatic rings. The molecule has 7 nitrogen and oxygen atoms in total. The van der Waals surface area contributed by atoms with Gasteiger partial charge in [0, 0.05) is 11.8 Å². The molecule has 1 aromatic carbocycles. The van der Waals surface area contributed by atoms with E-state index in [4.69, 9.17) is 10.2 Å². The average molecular weight is 298 g/mol. The zero-order valence-corrected chi connectivity index (χ0v) is 11.6. The number of nitrogen functional groups attached to an aromatic ring is 1. The highest BCUT2D eigenvalue weighted by Gasteiger charge is 2.21. The number of sulfone groups is 1. The summed E-state index contributed by atoms with van der Waals surface area (Å²) < 4.78 is 33.5. The molecule has 0 fully saturated rings. The molecule has 1 aromatic heterocycles. The molecule has 0 aliphatic heterocycles. The summed E-state index contributed by atoms with van der Waals surface area (Å²) in [5.74, 6) is -1.91. The van der Waals surface area contributed by atoms with Crippen LogP contribution in [0.5, 0.6) is 0 Å². The number of anilines is 1. The maximum absolute atomic E-state index is 11.8. The molecule has 1 heterocycles. The Hall–Kier alpha value is -2.09. The van der Waals surface area contributed by atoms with E-state index in [1.807, 2.05) is 0 Å². The number of carbonyl (C=O) groups is 1. The van der Waals surface area contributed by atoms with E-state index in [1.54, 1.807) is 25.1 Å². The van der Waals surface area contributed by atoms with Crippen LogP contribution in [-0.2, 0) is 25.1 Å². The molecular weight excluding hydrogens is 284 g/mol. The summed E-state index contributed by atoms with van der Waals surface area (Å²) in [7, 11) is -3.68. The van der Waals surface area contributed by atoms with Crippen molar-refractivity contribution >= 4 is 32.6 Å². The third kappa shape index (κ3) is 3.47. The van der Waals surface area contributed by atoms with E-state index < -0.39 is 27.3 Å². The van der Waals surface area contributed by atoms with Gasteiger partial charge < -0.3 is 14.9 Å². The van der Waals surface area contributed by atoms with Crippen molar-refractivity contribution < 1.29 is 22.4 Å². The number of ether oxygens (including phenoxy) is 1. The first-order chi connectivity index (χ1) is 9.39. The van der Waals surface area contributed by atoms with Crippen molar-refractivity contribution in [3.8, 4) is 0 Å². The molecule has 20 heavy (non-hydrogen) atoms. The number of nitrogens with zero attached hydrogens (tertiary/aromatic N) is 1. The summed E-state index contributed by atoms with van der Waals surface area (Å²) in [4.78, 5) is 15.2. The Bertz CT molecular complexity index is 735.